The standard InChI is InChI=1S/C17H18Br2FN/c1-2-9-21-16(11-12-5-3-6-13(18)10-12)14-7-4-8-15(20)17(14)19/h3-8,10,16,21H,2,9,11H2,1H3. The Kier molecular flexibility index (Phi) is 6.40. The van der Waals surface area contributed by atoms with Gasteiger partial charge in [-0.1, -0.05) is 47.1 Å². The van der Waals surface area contributed by atoms with Crippen molar-refractivity contribution in [1.82, 2.24) is 5.32 Å². The van der Waals surface area contributed by atoms with Gasteiger partial charge in [0.25, 0.3) is 0 Å². The number of hydrogen-bond acceptors (Lipinski definition) is 1. The lowest BCUT2D eigenvalue weighted by atomic mass is 9.98. The van der Waals surface area contributed by atoms with Crippen LogP contribution in [0.5, 0.6) is 0 Å². The van der Waals surface area contributed by atoms with Gasteiger partial charge in [0.15, 0.2) is 0 Å². The molecule has 0 aliphatic carbocycles. The summed E-state index contributed by atoms with van der Waals surface area (Å²) in [6.07, 6.45) is 1.86. The second-order valence-electron chi connectivity index (χ2n) is 4.98. The third kappa shape index (κ3) is 4.63. The van der Waals surface area contributed by atoms with Gasteiger partial charge in [-0.25, -0.2) is 4.39 Å². The first-order chi connectivity index (χ1) is 10.1. The van der Waals surface area contributed by atoms with E-state index in [0.717, 1.165) is 29.4 Å². The average molecular weight is 415 g/mol. The smallest absolute Gasteiger partial charge is 0.137 e. The van der Waals surface area contributed by atoms with Crippen LogP contribution in [0.1, 0.15) is 30.5 Å². The maximum atomic E-state index is 13.8. The van der Waals surface area contributed by atoms with Crippen LogP contribution in [0.3, 0.4) is 0 Å². The van der Waals surface area contributed by atoms with Crippen LogP contribution in [-0.4, -0.2) is 6.54 Å². The quantitative estimate of drug-likeness (QED) is 0.645. The second kappa shape index (κ2) is 8.06. The van der Waals surface area contributed by atoms with E-state index in [2.05, 4.69) is 56.2 Å². The Balaban J connectivity index is 2.27. The molecule has 0 amide bonds. The zero-order chi connectivity index (χ0) is 15.2. The number of nitrogens with one attached hydrogen (secondary N) is 1. The zero-order valence-corrected chi connectivity index (χ0v) is 15.0. The van der Waals surface area contributed by atoms with Gasteiger partial charge in [-0.15, -0.1) is 0 Å². The van der Waals surface area contributed by atoms with Gasteiger partial charge < -0.3 is 5.32 Å². The number of benzene rings is 2. The van der Waals surface area contributed by atoms with Gasteiger partial charge in [0.05, 0.1) is 4.47 Å². The maximum absolute atomic E-state index is 13.8. The van der Waals surface area contributed by atoms with Gasteiger partial charge in [0.2, 0.25) is 0 Å². The van der Waals surface area contributed by atoms with Crippen LogP contribution in [0.15, 0.2) is 51.4 Å². The third-order valence-corrected chi connectivity index (χ3v) is 4.66. The molecule has 0 aromatic heterocycles. The first-order valence-corrected chi connectivity index (χ1v) is 8.62. The number of hydrogen-bond donors (Lipinski definition) is 1. The van der Waals surface area contributed by atoms with Gasteiger partial charge in [0.1, 0.15) is 5.82 Å². The van der Waals surface area contributed by atoms with Crippen molar-refractivity contribution >= 4 is 31.9 Å². The van der Waals surface area contributed by atoms with Crippen LogP contribution < -0.4 is 5.32 Å². The second-order valence-corrected chi connectivity index (χ2v) is 6.69. The molecule has 112 valence electrons. The van der Waals surface area contributed by atoms with E-state index in [9.17, 15) is 4.39 Å². The summed E-state index contributed by atoms with van der Waals surface area (Å²) in [6.45, 7) is 3.03. The molecule has 0 aliphatic rings. The van der Waals surface area contributed by atoms with E-state index >= 15 is 0 Å². The number of halogens is 3. The summed E-state index contributed by atoms with van der Waals surface area (Å²) in [5.74, 6) is -0.218. The van der Waals surface area contributed by atoms with Crippen molar-refractivity contribution in [2.45, 2.75) is 25.8 Å². The van der Waals surface area contributed by atoms with Crippen LogP contribution in [0.2, 0.25) is 0 Å². The van der Waals surface area contributed by atoms with E-state index in [1.54, 1.807) is 6.07 Å². The average Bonchev–Trinajstić information content (AvgIpc) is 2.47. The molecular weight excluding hydrogens is 397 g/mol. The Labute approximate surface area is 142 Å². The molecule has 0 bridgehead atoms. The summed E-state index contributed by atoms with van der Waals surface area (Å²) < 4.78 is 15.4. The van der Waals surface area contributed by atoms with Crippen LogP contribution in [0.4, 0.5) is 4.39 Å². The van der Waals surface area contributed by atoms with E-state index < -0.39 is 0 Å². The fourth-order valence-corrected chi connectivity index (χ4v) is 3.29. The lowest BCUT2D eigenvalue weighted by molar-refractivity contribution is 0.521. The topological polar surface area (TPSA) is 12.0 Å². The van der Waals surface area contributed by atoms with E-state index in [4.69, 9.17) is 0 Å². The molecule has 1 unspecified atom stereocenters. The molecule has 1 atom stereocenters. The summed E-state index contributed by atoms with van der Waals surface area (Å²) in [7, 11) is 0. The highest BCUT2D eigenvalue weighted by Gasteiger charge is 2.16. The molecule has 0 saturated heterocycles. The van der Waals surface area contributed by atoms with Gasteiger partial charge in [-0.2, -0.15) is 0 Å². The highest BCUT2D eigenvalue weighted by atomic mass is 79.9. The SMILES string of the molecule is CCCNC(Cc1cccc(Br)c1)c1cccc(F)c1Br. The highest BCUT2D eigenvalue weighted by molar-refractivity contribution is 9.10. The largest absolute Gasteiger partial charge is 0.310 e. The van der Waals surface area contributed by atoms with E-state index in [0.29, 0.717) is 4.47 Å². The third-order valence-electron chi connectivity index (χ3n) is 3.33. The predicted molar refractivity (Wildman–Crippen MR) is 93.0 cm³/mol. The molecule has 1 nitrogen and oxygen atoms in total. The van der Waals surface area contributed by atoms with Crippen LogP contribution in [0, 0.1) is 5.82 Å². The molecule has 2 rings (SSSR count). The first kappa shape index (κ1) is 16.7. The Morgan fingerprint density at radius 2 is 1.90 bits per heavy atom. The molecule has 0 fully saturated rings. The van der Waals surface area contributed by atoms with Crippen molar-refractivity contribution < 1.29 is 4.39 Å². The summed E-state index contributed by atoms with van der Waals surface area (Å²) in [5, 5.41) is 3.51. The lowest BCUT2D eigenvalue weighted by Crippen LogP contribution is -2.24. The molecule has 21 heavy (non-hydrogen) atoms. The van der Waals surface area contributed by atoms with Crippen LogP contribution in [-0.2, 0) is 6.42 Å². The minimum absolute atomic E-state index is 0.0873. The van der Waals surface area contributed by atoms with Crippen LogP contribution >= 0.6 is 31.9 Å². The van der Waals surface area contributed by atoms with Crippen molar-refractivity contribution in [3.63, 3.8) is 0 Å². The summed E-state index contributed by atoms with van der Waals surface area (Å²) in [6, 6.07) is 13.5. The van der Waals surface area contributed by atoms with E-state index in [-0.39, 0.29) is 11.9 Å². The summed E-state index contributed by atoms with van der Waals surface area (Å²) in [5.41, 5.74) is 2.18. The van der Waals surface area contributed by atoms with Crippen molar-refractivity contribution in [2.75, 3.05) is 6.54 Å². The fraction of sp³-hybridized carbons (Fsp3) is 0.294. The van der Waals surface area contributed by atoms with Crippen molar-refractivity contribution in [3.05, 3.63) is 68.4 Å². The monoisotopic (exact) mass is 413 g/mol. The summed E-state index contributed by atoms with van der Waals surface area (Å²) in [4.78, 5) is 0. The normalized spacial score (nSPS) is 12.4. The maximum Gasteiger partial charge on any atom is 0.137 e. The Morgan fingerprint density at radius 3 is 2.62 bits per heavy atom. The molecule has 0 heterocycles. The molecule has 1 N–H and O–H groups in total. The first-order valence-electron chi connectivity index (χ1n) is 7.03. The highest BCUT2D eigenvalue weighted by Crippen LogP contribution is 2.29. The number of rotatable bonds is 6. The minimum Gasteiger partial charge on any atom is -0.310 e. The molecule has 0 spiro atoms. The fourth-order valence-electron chi connectivity index (χ4n) is 2.30. The molecule has 0 saturated carbocycles. The van der Waals surface area contributed by atoms with Gasteiger partial charge in [0, 0.05) is 10.5 Å². The van der Waals surface area contributed by atoms with Crippen molar-refractivity contribution in [2.24, 2.45) is 0 Å². The van der Waals surface area contributed by atoms with Crippen LogP contribution in [0.25, 0.3) is 0 Å². The van der Waals surface area contributed by atoms with Gasteiger partial charge in [-0.05, 0) is 64.6 Å². The van der Waals surface area contributed by atoms with E-state index in [1.165, 1.54) is 11.6 Å². The van der Waals surface area contributed by atoms with Gasteiger partial charge >= 0.3 is 0 Å². The molecular formula is C17H18Br2FN. The Hall–Kier alpha value is -0.710. The van der Waals surface area contributed by atoms with Gasteiger partial charge in [-0.3, -0.25) is 0 Å². The van der Waals surface area contributed by atoms with Crippen molar-refractivity contribution in [3.8, 4) is 0 Å². The minimum atomic E-state index is -0.218. The molecule has 2 aromatic rings. The van der Waals surface area contributed by atoms with E-state index in [1.807, 2.05) is 18.2 Å². The summed E-state index contributed by atoms with van der Waals surface area (Å²) >= 11 is 6.87. The van der Waals surface area contributed by atoms with Crippen molar-refractivity contribution in [1.29, 1.82) is 0 Å². The Bertz CT molecular complexity index is 601. The molecule has 0 aliphatic heterocycles. The molecule has 2 aromatic carbocycles. The molecule has 0 radical (unpaired) electrons. The molecule has 4 heteroatoms. The lowest BCUT2D eigenvalue weighted by Gasteiger charge is -2.21. The zero-order valence-electron chi connectivity index (χ0n) is 11.9. The Morgan fingerprint density at radius 1 is 1.14 bits per heavy atom. The predicted octanol–water partition coefficient (Wildman–Crippen LogP) is 5.63.